The average molecular weight is 865 g/mol. The molecule has 0 saturated heterocycles. The van der Waals surface area contributed by atoms with Crippen LogP contribution in [0.3, 0.4) is 0 Å². The fraction of sp³-hybridized carbons (Fsp3) is 0.333. The lowest BCUT2D eigenvalue weighted by molar-refractivity contribution is -0.453. The van der Waals surface area contributed by atoms with E-state index in [2.05, 4.69) is 0 Å². The highest BCUT2D eigenvalue weighted by Gasteiger charge is 2.96. The molecular weight excluding hydrogens is 840 g/mol. The van der Waals surface area contributed by atoms with Gasteiger partial charge in [-0.05, 0) is 70.5 Å². The first kappa shape index (κ1) is 45.8. The molecule has 318 valence electrons. The van der Waals surface area contributed by atoms with E-state index < -0.39 is 83.2 Å². The van der Waals surface area contributed by atoms with Gasteiger partial charge in [-0.3, -0.25) is 0 Å². The Kier molecular flexibility index (Phi) is 11.4. The molecule has 2 nitrogen and oxygen atoms in total. The Labute approximate surface area is 313 Å². The van der Waals surface area contributed by atoms with Crippen LogP contribution in [0.1, 0.15) is 33.4 Å². The third-order valence-electron chi connectivity index (χ3n) is 9.18. The predicted molar refractivity (Wildman–Crippen MR) is 168 cm³/mol. The van der Waals surface area contributed by atoms with E-state index in [0.717, 1.165) is 0 Å². The van der Waals surface area contributed by atoms with Gasteiger partial charge in [0.2, 0.25) is 0 Å². The number of alkyl halides is 20. The van der Waals surface area contributed by atoms with Crippen molar-refractivity contribution in [3.63, 3.8) is 0 Å². The molecular formula is C36H24F20N2. The van der Waals surface area contributed by atoms with Crippen LogP contribution in [0.15, 0.2) is 97.1 Å². The largest absolute Gasteiger partial charge is 0.460 e. The van der Waals surface area contributed by atoms with Crippen LogP contribution in [0.25, 0.3) is 0 Å². The summed E-state index contributed by atoms with van der Waals surface area (Å²) in [5, 5.41) is 0. The number of nitrogen functional groups attached to an aromatic ring is 2. The number of benzene rings is 4. The monoisotopic (exact) mass is 864 g/mol. The van der Waals surface area contributed by atoms with Gasteiger partial charge in [-0.25, -0.2) is 0 Å². The highest BCUT2D eigenvalue weighted by molar-refractivity contribution is 5.51. The highest BCUT2D eigenvalue weighted by Crippen LogP contribution is 2.69. The molecule has 0 unspecified atom stereocenters. The standard InChI is InChI=1S/C36H24F20N2/c37-28(38,30(41,42)31(43,44)32(45,46)34(49,50)36(54,55)56)27(29(39,40)33(47,48)35(51,52)53,23-9-1-19(2-10-23)17-21-5-13-25(57)14-6-21)24-11-3-20(4-12-24)18-22-7-15-26(58)16-8-22/h1-16H,17-18,57-58H2. The minimum Gasteiger partial charge on any atom is -0.399 e. The lowest BCUT2D eigenvalue weighted by Gasteiger charge is -2.51. The molecule has 0 amide bonds. The third kappa shape index (κ3) is 6.92. The van der Waals surface area contributed by atoms with Crippen molar-refractivity contribution in [2.75, 3.05) is 11.5 Å². The van der Waals surface area contributed by atoms with Crippen molar-refractivity contribution in [2.45, 2.75) is 72.1 Å². The van der Waals surface area contributed by atoms with Gasteiger partial charge in [0, 0.05) is 11.4 Å². The molecule has 0 fully saturated rings. The molecule has 0 aromatic heterocycles. The Bertz CT molecular complexity index is 1940. The molecule has 0 aliphatic carbocycles. The van der Waals surface area contributed by atoms with Crippen LogP contribution in [0.4, 0.5) is 99.2 Å². The fourth-order valence-corrected chi connectivity index (χ4v) is 6.00. The van der Waals surface area contributed by atoms with E-state index in [1.807, 2.05) is 0 Å². The van der Waals surface area contributed by atoms with Crippen molar-refractivity contribution < 1.29 is 87.8 Å². The molecule has 58 heavy (non-hydrogen) atoms. The van der Waals surface area contributed by atoms with Gasteiger partial charge in [0.15, 0.2) is 5.41 Å². The van der Waals surface area contributed by atoms with Crippen molar-refractivity contribution in [2.24, 2.45) is 0 Å². The molecule has 4 rings (SSSR count). The normalized spacial score (nSPS) is 14.5. The van der Waals surface area contributed by atoms with E-state index in [0.29, 0.717) is 24.3 Å². The van der Waals surface area contributed by atoms with Crippen LogP contribution in [-0.2, 0) is 18.3 Å². The van der Waals surface area contributed by atoms with E-state index in [9.17, 15) is 43.9 Å². The minimum absolute atomic E-state index is 0.176. The Hall–Kier alpha value is -4.92. The molecule has 0 radical (unpaired) electrons. The quantitative estimate of drug-likeness (QED) is 0.104. The van der Waals surface area contributed by atoms with Crippen LogP contribution < -0.4 is 11.5 Å². The van der Waals surface area contributed by atoms with Gasteiger partial charge in [-0.2, -0.15) is 87.8 Å². The van der Waals surface area contributed by atoms with Crippen LogP contribution in [-0.4, -0.2) is 53.8 Å². The number of rotatable bonds is 13. The number of hydrogen-bond acceptors (Lipinski definition) is 2. The summed E-state index contributed by atoms with van der Waals surface area (Å²) in [5.41, 5.74) is -0.475. The summed E-state index contributed by atoms with van der Waals surface area (Å²) in [6, 6.07) is 10.7. The topological polar surface area (TPSA) is 52.0 Å². The zero-order valence-electron chi connectivity index (χ0n) is 28.4. The Morgan fingerprint density at radius 3 is 0.759 bits per heavy atom. The molecule has 0 spiro atoms. The molecule has 0 aliphatic heterocycles. The Balaban J connectivity index is 2.15. The van der Waals surface area contributed by atoms with Gasteiger partial charge in [-0.15, -0.1) is 0 Å². The van der Waals surface area contributed by atoms with Crippen LogP contribution in [0.5, 0.6) is 0 Å². The predicted octanol–water partition coefficient (Wildman–Crippen LogP) is 11.9. The maximum atomic E-state index is 16.7. The Morgan fingerprint density at radius 1 is 0.276 bits per heavy atom. The van der Waals surface area contributed by atoms with Gasteiger partial charge in [0.25, 0.3) is 0 Å². The van der Waals surface area contributed by atoms with Crippen molar-refractivity contribution in [1.82, 2.24) is 0 Å². The van der Waals surface area contributed by atoms with Gasteiger partial charge in [0.05, 0.1) is 0 Å². The van der Waals surface area contributed by atoms with E-state index >= 15 is 43.9 Å². The Morgan fingerprint density at radius 2 is 0.483 bits per heavy atom. The number of hydrogen-bond donors (Lipinski definition) is 2. The summed E-state index contributed by atoms with van der Waals surface area (Å²) >= 11 is 0. The number of nitrogens with two attached hydrogens (primary N) is 2. The van der Waals surface area contributed by atoms with Crippen LogP contribution in [0, 0.1) is 0 Å². The molecule has 4 aromatic carbocycles. The van der Waals surface area contributed by atoms with Gasteiger partial charge >= 0.3 is 53.8 Å². The highest BCUT2D eigenvalue weighted by atomic mass is 19.4. The molecule has 4 aromatic rings. The van der Waals surface area contributed by atoms with Gasteiger partial charge in [0.1, 0.15) is 0 Å². The molecule has 0 aliphatic rings. The molecule has 0 saturated carbocycles. The number of halogens is 20. The maximum absolute atomic E-state index is 16.7. The molecule has 4 N–H and O–H groups in total. The van der Waals surface area contributed by atoms with Crippen molar-refractivity contribution in [1.29, 1.82) is 0 Å². The molecule has 22 heteroatoms. The maximum Gasteiger partial charge on any atom is 0.460 e. The van der Waals surface area contributed by atoms with Gasteiger partial charge < -0.3 is 11.5 Å². The average Bonchev–Trinajstić information content (AvgIpc) is 3.10. The first-order valence-corrected chi connectivity index (χ1v) is 15.8. The third-order valence-corrected chi connectivity index (χ3v) is 9.18. The summed E-state index contributed by atoms with van der Waals surface area (Å²) in [7, 11) is 0. The summed E-state index contributed by atoms with van der Waals surface area (Å²) in [6.07, 6.45) is -16.5. The summed E-state index contributed by atoms with van der Waals surface area (Å²) in [6.45, 7) is 0. The van der Waals surface area contributed by atoms with E-state index in [4.69, 9.17) is 11.5 Å². The van der Waals surface area contributed by atoms with Crippen molar-refractivity contribution >= 4 is 11.4 Å². The second kappa shape index (κ2) is 14.4. The SMILES string of the molecule is Nc1ccc(Cc2ccc(C(c3ccc(Cc4ccc(N)cc4)cc3)(C(F)(F)C(F)(F)C(F)(F)F)C(F)(F)C(F)(F)C(F)(F)C(F)(F)C(F)(F)C(F)(F)F)cc2)cc1. The van der Waals surface area contributed by atoms with Crippen molar-refractivity contribution in [3.05, 3.63) is 130 Å². The summed E-state index contributed by atoms with van der Waals surface area (Å²) < 4.78 is 294. The zero-order valence-corrected chi connectivity index (χ0v) is 28.4. The van der Waals surface area contributed by atoms with E-state index in [1.165, 1.54) is 48.5 Å². The smallest absolute Gasteiger partial charge is 0.399 e. The second-order valence-corrected chi connectivity index (χ2v) is 13.0. The fourth-order valence-electron chi connectivity index (χ4n) is 6.00. The molecule has 0 heterocycles. The lowest BCUT2D eigenvalue weighted by atomic mass is 9.60. The van der Waals surface area contributed by atoms with Crippen LogP contribution in [0.2, 0.25) is 0 Å². The first-order valence-electron chi connectivity index (χ1n) is 15.8. The molecule has 0 bridgehead atoms. The summed E-state index contributed by atoms with van der Waals surface area (Å²) in [5.74, 6) is -59.1. The van der Waals surface area contributed by atoms with Crippen LogP contribution >= 0.6 is 0 Å². The van der Waals surface area contributed by atoms with E-state index in [1.54, 1.807) is 0 Å². The number of anilines is 2. The summed E-state index contributed by atoms with van der Waals surface area (Å²) in [4.78, 5) is 0. The lowest BCUT2D eigenvalue weighted by Crippen LogP contribution is -2.77. The van der Waals surface area contributed by atoms with Crippen molar-refractivity contribution in [3.8, 4) is 0 Å². The van der Waals surface area contributed by atoms with Gasteiger partial charge in [-0.1, -0.05) is 72.8 Å². The second-order valence-electron chi connectivity index (χ2n) is 13.0. The first-order chi connectivity index (χ1) is 26.1. The zero-order chi connectivity index (χ0) is 44.3. The van der Waals surface area contributed by atoms with E-state index in [-0.39, 0.29) is 57.9 Å². The molecule has 0 atom stereocenters. The minimum atomic E-state index is -8.87.